The van der Waals surface area contributed by atoms with E-state index >= 15 is 0 Å². The number of hydrogen-bond acceptors (Lipinski definition) is 3. The molecule has 2 rings (SSSR count). The van der Waals surface area contributed by atoms with Crippen LogP contribution < -0.4 is 5.32 Å². The summed E-state index contributed by atoms with van der Waals surface area (Å²) in [5.74, 6) is 0.694. The predicted molar refractivity (Wildman–Crippen MR) is 92.0 cm³/mol. The average Bonchev–Trinajstić information content (AvgIpc) is 2.89. The molecule has 0 aliphatic carbocycles. The summed E-state index contributed by atoms with van der Waals surface area (Å²) >= 11 is 9.82. The first-order valence-corrected chi connectivity index (χ1v) is 8.64. The van der Waals surface area contributed by atoms with Gasteiger partial charge < -0.3 is 15.0 Å². The molecule has 1 saturated heterocycles. The van der Waals surface area contributed by atoms with E-state index in [-0.39, 0.29) is 0 Å². The first-order chi connectivity index (χ1) is 10.1. The van der Waals surface area contributed by atoms with Gasteiger partial charge in [0.2, 0.25) is 0 Å². The van der Waals surface area contributed by atoms with E-state index in [2.05, 4.69) is 38.3 Å². The zero-order chi connectivity index (χ0) is 15.2. The molecule has 1 aromatic rings. The van der Waals surface area contributed by atoms with E-state index in [1.165, 1.54) is 18.5 Å². The highest BCUT2D eigenvalue weighted by molar-refractivity contribution is 9.10. The number of nitrogens with zero attached hydrogens (tertiary/aromatic N) is 1. The molecule has 0 saturated carbocycles. The van der Waals surface area contributed by atoms with E-state index in [0.29, 0.717) is 12.0 Å². The summed E-state index contributed by atoms with van der Waals surface area (Å²) in [6.45, 7) is 4.31. The normalized spacial score (nSPS) is 20.9. The Balaban J connectivity index is 1.88. The van der Waals surface area contributed by atoms with Crippen LogP contribution in [0.3, 0.4) is 0 Å². The Morgan fingerprint density at radius 2 is 2.33 bits per heavy atom. The summed E-state index contributed by atoms with van der Waals surface area (Å²) in [5, 5.41) is 4.21. The summed E-state index contributed by atoms with van der Waals surface area (Å²) in [4.78, 5) is 2.53. The molecule has 21 heavy (non-hydrogen) atoms. The van der Waals surface area contributed by atoms with Crippen molar-refractivity contribution < 1.29 is 4.74 Å². The Kier molecular flexibility index (Phi) is 6.96. The fourth-order valence-corrected chi connectivity index (χ4v) is 3.84. The number of likely N-dealkylation sites (tertiary alicyclic amines) is 1. The third kappa shape index (κ3) is 4.93. The molecular weight excluding hydrogens is 352 g/mol. The van der Waals surface area contributed by atoms with Crippen molar-refractivity contribution in [2.45, 2.75) is 18.9 Å². The highest BCUT2D eigenvalue weighted by Gasteiger charge is 2.23. The second-order valence-electron chi connectivity index (χ2n) is 5.71. The second kappa shape index (κ2) is 8.49. The fourth-order valence-electron chi connectivity index (χ4n) is 3.04. The lowest BCUT2D eigenvalue weighted by Gasteiger charge is -2.22. The van der Waals surface area contributed by atoms with E-state index in [9.17, 15) is 0 Å². The summed E-state index contributed by atoms with van der Waals surface area (Å²) in [7, 11) is 3.79. The summed E-state index contributed by atoms with van der Waals surface area (Å²) < 4.78 is 6.28. The minimum atomic E-state index is 0.298. The van der Waals surface area contributed by atoms with Gasteiger partial charge in [0.15, 0.2) is 0 Å². The van der Waals surface area contributed by atoms with Crippen LogP contribution in [0.1, 0.15) is 24.4 Å². The zero-order valence-corrected chi connectivity index (χ0v) is 15.1. The maximum Gasteiger partial charge on any atom is 0.0503 e. The first kappa shape index (κ1) is 17.2. The third-order valence-corrected chi connectivity index (χ3v) is 5.01. The van der Waals surface area contributed by atoms with Gasteiger partial charge in [-0.25, -0.2) is 0 Å². The molecule has 1 N–H and O–H groups in total. The van der Waals surface area contributed by atoms with Crippen LogP contribution in [0.15, 0.2) is 22.7 Å². The van der Waals surface area contributed by atoms with Crippen molar-refractivity contribution in [1.29, 1.82) is 0 Å². The molecule has 0 spiro atoms. The molecule has 0 radical (unpaired) electrons. The van der Waals surface area contributed by atoms with Crippen LogP contribution in [-0.4, -0.2) is 45.3 Å². The Morgan fingerprint density at radius 3 is 3.00 bits per heavy atom. The van der Waals surface area contributed by atoms with Crippen molar-refractivity contribution in [3.8, 4) is 0 Å². The number of hydrogen-bond donors (Lipinski definition) is 1. The van der Waals surface area contributed by atoms with Gasteiger partial charge in [-0.2, -0.15) is 0 Å². The lowest BCUT2D eigenvalue weighted by molar-refractivity contribution is 0.153. The highest BCUT2D eigenvalue weighted by atomic mass is 79.9. The Bertz CT molecular complexity index is 458. The Labute approximate surface area is 141 Å². The van der Waals surface area contributed by atoms with Crippen molar-refractivity contribution in [3.63, 3.8) is 0 Å². The van der Waals surface area contributed by atoms with E-state index in [1.807, 2.05) is 13.1 Å². The summed E-state index contributed by atoms with van der Waals surface area (Å²) in [5.41, 5.74) is 1.18. The number of methoxy groups -OCH3 is 1. The smallest absolute Gasteiger partial charge is 0.0503 e. The topological polar surface area (TPSA) is 24.5 Å². The van der Waals surface area contributed by atoms with Gasteiger partial charge in [0, 0.05) is 29.2 Å². The van der Waals surface area contributed by atoms with Gasteiger partial charge in [0.25, 0.3) is 0 Å². The van der Waals surface area contributed by atoms with Crippen LogP contribution in [0.5, 0.6) is 0 Å². The second-order valence-corrected chi connectivity index (χ2v) is 7.03. The molecule has 0 aromatic heterocycles. The Hall–Kier alpha value is -0.130. The third-order valence-electron chi connectivity index (χ3n) is 4.19. The van der Waals surface area contributed by atoms with E-state index in [0.717, 1.165) is 35.6 Å². The van der Waals surface area contributed by atoms with Crippen molar-refractivity contribution in [3.05, 3.63) is 33.3 Å². The monoisotopic (exact) mass is 374 g/mol. The van der Waals surface area contributed by atoms with Crippen molar-refractivity contribution >= 4 is 27.5 Å². The predicted octanol–water partition coefficient (Wildman–Crippen LogP) is 3.72. The molecular formula is C16H24BrClN2O. The van der Waals surface area contributed by atoms with E-state index in [4.69, 9.17) is 16.3 Å². The molecule has 3 nitrogen and oxygen atoms in total. The van der Waals surface area contributed by atoms with E-state index in [1.54, 1.807) is 7.11 Å². The van der Waals surface area contributed by atoms with Crippen LogP contribution in [0, 0.1) is 5.92 Å². The largest absolute Gasteiger partial charge is 0.384 e. The molecule has 1 heterocycles. The molecule has 0 bridgehead atoms. The lowest BCUT2D eigenvalue weighted by Crippen LogP contribution is -2.27. The maximum absolute atomic E-state index is 6.36. The molecule has 2 atom stereocenters. The SMILES string of the molecule is CNC(CCN1CCC(COC)C1)c1ccc(Br)cc1Cl. The Morgan fingerprint density at radius 1 is 1.52 bits per heavy atom. The van der Waals surface area contributed by atoms with Crippen molar-refractivity contribution in [1.82, 2.24) is 10.2 Å². The number of nitrogens with one attached hydrogen (secondary N) is 1. The van der Waals surface area contributed by atoms with Gasteiger partial charge in [-0.05, 0) is 56.6 Å². The van der Waals surface area contributed by atoms with Gasteiger partial charge >= 0.3 is 0 Å². The molecule has 1 aliphatic rings. The summed E-state index contributed by atoms with van der Waals surface area (Å²) in [6.07, 6.45) is 2.31. The molecule has 0 amide bonds. The molecule has 1 aliphatic heterocycles. The van der Waals surface area contributed by atoms with Crippen LogP contribution in [-0.2, 0) is 4.74 Å². The first-order valence-electron chi connectivity index (χ1n) is 7.47. The van der Waals surface area contributed by atoms with Gasteiger partial charge in [0.05, 0.1) is 6.61 Å². The molecule has 2 unspecified atom stereocenters. The van der Waals surface area contributed by atoms with Crippen LogP contribution in [0.4, 0.5) is 0 Å². The average molecular weight is 376 g/mol. The van der Waals surface area contributed by atoms with Crippen molar-refractivity contribution in [2.75, 3.05) is 40.4 Å². The molecule has 1 fully saturated rings. The minimum absolute atomic E-state index is 0.298. The quantitative estimate of drug-likeness (QED) is 0.786. The number of benzene rings is 1. The van der Waals surface area contributed by atoms with Crippen LogP contribution in [0.25, 0.3) is 0 Å². The van der Waals surface area contributed by atoms with Crippen molar-refractivity contribution in [2.24, 2.45) is 5.92 Å². The molecule has 118 valence electrons. The van der Waals surface area contributed by atoms with Gasteiger partial charge in [-0.15, -0.1) is 0 Å². The number of rotatable bonds is 7. The minimum Gasteiger partial charge on any atom is -0.384 e. The van der Waals surface area contributed by atoms with Gasteiger partial charge in [0.1, 0.15) is 0 Å². The summed E-state index contributed by atoms with van der Waals surface area (Å²) in [6, 6.07) is 6.42. The lowest BCUT2D eigenvalue weighted by atomic mass is 10.0. The fraction of sp³-hybridized carbons (Fsp3) is 0.625. The standard InChI is InChI=1S/C16H24BrClN2O/c1-19-16(14-4-3-13(17)9-15(14)18)6-8-20-7-5-12(10-20)11-21-2/h3-4,9,12,16,19H,5-8,10-11H2,1-2H3. The molecule has 5 heteroatoms. The van der Waals surface area contributed by atoms with Gasteiger partial charge in [-0.3, -0.25) is 0 Å². The number of halogens is 2. The molecule has 1 aromatic carbocycles. The van der Waals surface area contributed by atoms with Crippen LogP contribution in [0.2, 0.25) is 5.02 Å². The number of ether oxygens (including phenoxy) is 1. The highest BCUT2D eigenvalue weighted by Crippen LogP contribution is 2.28. The zero-order valence-electron chi connectivity index (χ0n) is 12.7. The van der Waals surface area contributed by atoms with Crippen LogP contribution >= 0.6 is 27.5 Å². The maximum atomic E-state index is 6.36. The van der Waals surface area contributed by atoms with E-state index < -0.39 is 0 Å². The van der Waals surface area contributed by atoms with Gasteiger partial charge in [-0.1, -0.05) is 33.6 Å².